The lowest BCUT2D eigenvalue weighted by atomic mass is 10.3. The van der Waals surface area contributed by atoms with Crippen molar-refractivity contribution in [2.75, 3.05) is 0 Å². The Labute approximate surface area is 120 Å². The summed E-state index contributed by atoms with van der Waals surface area (Å²) in [4.78, 5) is 20.6. The number of aldehydes is 1. The number of benzene rings is 1. The van der Waals surface area contributed by atoms with Gasteiger partial charge in [0.1, 0.15) is 18.2 Å². The Kier molecular flexibility index (Phi) is 4.14. The molecule has 0 N–H and O–H groups in total. The molecule has 0 aliphatic carbocycles. The number of hydrogen-bond acceptors (Lipinski definition) is 5. The topological polar surface area (TPSA) is 82.6 Å². The number of carbonyl (C=O) groups excluding carboxylic acids is 1. The molecule has 0 radical (unpaired) electrons. The van der Waals surface area contributed by atoms with Gasteiger partial charge in [0.2, 0.25) is 5.75 Å². The Balaban J connectivity index is 2.22. The second-order valence-corrected chi connectivity index (χ2v) is 4.56. The van der Waals surface area contributed by atoms with E-state index in [-0.39, 0.29) is 28.3 Å². The van der Waals surface area contributed by atoms with Crippen molar-refractivity contribution < 1.29 is 23.3 Å². The van der Waals surface area contributed by atoms with Crippen molar-refractivity contribution in [3.05, 3.63) is 56.2 Å². The first-order chi connectivity index (χ1) is 9.51. The molecule has 1 aromatic carbocycles. The molecule has 0 aliphatic rings. The number of halogens is 2. The Hall–Kier alpha value is -2.22. The van der Waals surface area contributed by atoms with Crippen molar-refractivity contribution in [3.8, 4) is 5.75 Å². The van der Waals surface area contributed by atoms with Crippen LogP contribution in [0.25, 0.3) is 0 Å². The molecule has 8 heteroatoms. The summed E-state index contributed by atoms with van der Waals surface area (Å²) in [6, 6.07) is 4.85. The van der Waals surface area contributed by atoms with Gasteiger partial charge in [0, 0.05) is 12.1 Å². The minimum Gasteiger partial charge on any atom is -0.479 e. The summed E-state index contributed by atoms with van der Waals surface area (Å²) in [6.45, 7) is -0.157. The largest absolute Gasteiger partial charge is 0.479 e. The normalized spacial score (nSPS) is 10.3. The highest BCUT2D eigenvalue weighted by molar-refractivity contribution is 9.10. The molecule has 20 heavy (non-hydrogen) atoms. The van der Waals surface area contributed by atoms with Crippen LogP contribution in [0.4, 0.5) is 10.1 Å². The van der Waals surface area contributed by atoms with Gasteiger partial charge >= 0.3 is 5.69 Å². The first kappa shape index (κ1) is 14.2. The van der Waals surface area contributed by atoms with Crippen LogP contribution in [0.2, 0.25) is 0 Å². The summed E-state index contributed by atoms with van der Waals surface area (Å²) in [5.41, 5.74) is -0.375. The first-order valence-electron chi connectivity index (χ1n) is 5.31. The van der Waals surface area contributed by atoms with Crippen LogP contribution in [0, 0.1) is 15.9 Å². The molecule has 0 saturated carbocycles. The average molecular weight is 344 g/mol. The molecule has 1 aromatic heterocycles. The van der Waals surface area contributed by atoms with E-state index in [0.717, 1.165) is 12.1 Å². The molecular formula is C12H7BrFNO5. The molecule has 0 aliphatic heterocycles. The highest BCUT2D eigenvalue weighted by atomic mass is 79.9. The Morgan fingerprint density at radius 1 is 1.45 bits per heavy atom. The molecule has 0 spiro atoms. The zero-order chi connectivity index (χ0) is 14.7. The van der Waals surface area contributed by atoms with Crippen molar-refractivity contribution >= 4 is 27.9 Å². The van der Waals surface area contributed by atoms with Crippen LogP contribution in [0.15, 0.2) is 33.2 Å². The molecule has 6 nitrogen and oxygen atoms in total. The quantitative estimate of drug-likeness (QED) is 0.471. The van der Waals surface area contributed by atoms with Gasteiger partial charge in [-0.15, -0.1) is 0 Å². The number of furan rings is 1. The predicted molar refractivity (Wildman–Crippen MR) is 69.2 cm³/mol. The number of rotatable bonds is 5. The van der Waals surface area contributed by atoms with Crippen LogP contribution < -0.4 is 4.74 Å². The fraction of sp³-hybridized carbons (Fsp3) is 0.0833. The summed E-state index contributed by atoms with van der Waals surface area (Å²) in [5, 5.41) is 10.9. The van der Waals surface area contributed by atoms with Gasteiger partial charge in [0.05, 0.1) is 9.40 Å². The molecule has 0 saturated heterocycles. The van der Waals surface area contributed by atoms with E-state index in [2.05, 4.69) is 15.9 Å². The van der Waals surface area contributed by atoms with Gasteiger partial charge in [-0.2, -0.15) is 0 Å². The average Bonchev–Trinajstić information content (AvgIpc) is 2.87. The number of hydrogen-bond donors (Lipinski definition) is 0. The maximum atomic E-state index is 13.4. The fourth-order valence-electron chi connectivity index (χ4n) is 1.46. The summed E-state index contributed by atoms with van der Waals surface area (Å²) in [7, 11) is 0. The SMILES string of the molecule is O=Cc1ccc(COc2cc(F)c(Br)cc2[N+](=O)[O-])o1. The highest BCUT2D eigenvalue weighted by Crippen LogP contribution is 2.33. The molecule has 0 fully saturated rings. The second kappa shape index (κ2) is 5.83. The number of ether oxygens (including phenoxy) is 1. The minimum atomic E-state index is -0.682. The van der Waals surface area contributed by atoms with Gasteiger partial charge in [-0.1, -0.05) is 0 Å². The van der Waals surface area contributed by atoms with Gasteiger partial charge in [-0.05, 0) is 28.1 Å². The number of nitrogens with zero attached hydrogens (tertiary/aromatic N) is 1. The maximum Gasteiger partial charge on any atom is 0.312 e. The summed E-state index contributed by atoms with van der Waals surface area (Å²) in [6.07, 6.45) is 0.519. The van der Waals surface area contributed by atoms with Gasteiger partial charge in [-0.25, -0.2) is 4.39 Å². The highest BCUT2D eigenvalue weighted by Gasteiger charge is 2.19. The van der Waals surface area contributed by atoms with Gasteiger partial charge in [0.25, 0.3) is 0 Å². The maximum absolute atomic E-state index is 13.4. The molecule has 2 aromatic rings. The van der Waals surface area contributed by atoms with E-state index in [1.165, 1.54) is 12.1 Å². The molecule has 1 heterocycles. The lowest BCUT2D eigenvalue weighted by Gasteiger charge is -2.06. The Bertz CT molecular complexity index is 670. The third-order valence-electron chi connectivity index (χ3n) is 2.37. The van der Waals surface area contributed by atoms with Crippen LogP contribution in [-0.2, 0) is 6.61 Å². The smallest absolute Gasteiger partial charge is 0.312 e. The third-order valence-corrected chi connectivity index (χ3v) is 2.97. The minimum absolute atomic E-state index is 0.0298. The van der Waals surface area contributed by atoms with Gasteiger partial charge in [-0.3, -0.25) is 14.9 Å². The van der Waals surface area contributed by atoms with Crippen LogP contribution in [0.3, 0.4) is 0 Å². The number of carbonyl (C=O) groups is 1. The third kappa shape index (κ3) is 3.02. The lowest BCUT2D eigenvalue weighted by molar-refractivity contribution is -0.386. The van der Waals surface area contributed by atoms with Crippen molar-refractivity contribution in [2.45, 2.75) is 6.61 Å². The molecule has 0 atom stereocenters. The molecule has 0 bridgehead atoms. The van der Waals surface area contributed by atoms with E-state index in [9.17, 15) is 19.3 Å². The molecular weight excluding hydrogens is 337 g/mol. The first-order valence-corrected chi connectivity index (χ1v) is 6.10. The summed E-state index contributed by atoms with van der Waals surface area (Å²) < 4.78 is 23.6. The monoisotopic (exact) mass is 343 g/mol. The van der Waals surface area contributed by atoms with E-state index >= 15 is 0 Å². The van der Waals surface area contributed by atoms with E-state index in [1.807, 2.05) is 0 Å². The van der Waals surface area contributed by atoms with Crippen LogP contribution in [0.5, 0.6) is 5.75 Å². The standard InChI is InChI=1S/C12H7BrFNO5/c13-9-3-11(15(17)18)12(4-10(9)14)19-6-8-2-1-7(5-16)20-8/h1-5H,6H2. The summed E-state index contributed by atoms with van der Waals surface area (Å²) in [5.74, 6) is -0.497. The van der Waals surface area contributed by atoms with Crippen molar-refractivity contribution in [1.29, 1.82) is 0 Å². The fourth-order valence-corrected chi connectivity index (χ4v) is 1.79. The zero-order valence-corrected chi connectivity index (χ0v) is 11.4. The van der Waals surface area contributed by atoms with Crippen LogP contribution in [0.1, 0.15) is 16.3 Å². The predicted octanol–water partition coefficient (Wildman–Crippen LogP) is 3.48. The zero-order valence-electron chi connectivity index (χ0n) is 9.84. The van der Waals surface area contributed by atoms with E-state index < -0.39 is 10.7 Å². The van der Waals surface area contributed by atoms with Gasteiger partial charge < -0.3 is 9.15 Å². The number of nitro benzene ring substituents is 1. The molecule has 0 unspecified atom stereocenters. The number of nitro groups is 1. The van der Waals surface area contributed by atoms with Crippen LogP contribution >= 0.6 is 15.9 Å². The van der Waals surface area contributed by atoms with Crippen LogP contribution in [-0.4, -0.2) is 11.2 Å². The Morgan fingerprint density at radius 3 is 2.80 bits per heavy atom. The van der Waals surface area contributed by atoms with E-state index in [0.29, 0.717) is 12.0 Å². The van der Waals surface area contributed by atoms with Crippen molar-refractivity contribution in [1.82, 2.24) is 0 Å². The lowest BCUT2D eigenvalue weighted by Crippen LogP contribution is -1.99. The molecule has 2 rings (SSSR count). The van der Waals surface area contributed by atoms with E-state index in [4.69, 9.17) is 9.15 Å². The van der Waals surface area contributed by atoms with E-state index in [1.54, 1.807) is 0 Å². The summed E-state index contributed by atoms with van der Waals surface area (Å²) >= 11 is 2.86. The Morgan fingerprint density at radius 2 is 2.20 bits per heavy atom. The van der Waals surface area contributed by atoms with Crippen molar-refractivity contribution in [3.63, 3.8) is 0 Å². The van der Waals surface area contributed by atoms with Crippen molar-refractivity contribution in [2.24, 2.45) is 0 Å². The molecule has 104 valence electrons. The van der Waals surface area contributed by atoms with Gasteiger partial charge in [0.15, 0.2) is 12.0 Å². The molecule has 0 amide bonds. The second-order valence-electron chi connectivity index (χ2n) is 3.70.